The van der Waals surface area contributed by atoms with Gasteiger partial charge in [0.2, 0.25) is 11.5 Å². The summed E-state index contributed by atoms with van der Waals surface area (Å²) in [4.78, 5) is 20.6. The van der Waals surface area contributed by atoms with Gasteiger partial charge >= 0.3 is 11.7 Å². The first kappa shape index (κ1) is 14.4. The Balaban J connectivity index is 3.33. The van der Waals surface area contributed by atoms with Gasteiger partial charge in [0.25, 0.3) is 0 Å². The highest BCUT2D eigenvalue weighted by atomic mass is 16.6. The number of aromatic carboxylic acids is 1. The molecule has 0 amide bonds. The lowest BCUT2D eigenvalue weighted by Gasteiger charge is -2.05. The van der Waals surface area contributed by atoms with Gasteiger partial charge in [0, 0.05) is 6.07 Å². The van der Waals surface area contributed by atoms with E-state index in [-0.39, 0.29) is 5.69 Å². The maximum atomic E-state index is 10.8. The molecule has 20 heavy (non-hydrogen) atoms. The molecule has 100 valence electrons. The molecule has 10 heteroatoms. The van der Waals surface area contributed by atoms with Gasteiger partial charge in [0.15, 0.2) is 0 Å². The van der Waals surface area contributed by atoms with Crippen LogP contribution in [0.2, 0.25) is 0 Å². The van der Waals surface area contributed by atoms with Crippen LogP contribution in [0.4, 0.5) is 11.4 Å². The van der Waals surface area contributed by atoms with Gasteiger partial charge in [-0.1, -0.05) is 0 Å². The molecule has 0 aliphatic carbocycles. The third-order valence-electron chi connectivity index (χ3n) is 2.03. The van der Waals surface area contributed by atoms with E-state index in [1.165, 1.54) is 12.1 Å². The maximum absolute atomic E-state index is 10.8. The van der Waals surface area contributed by atoms with Crippen molar-refractivity contribution in [2.45, 2.75) is 0 Å². The van der Waals surface area contributed by atoms with Gasteiger partial charge in [-0.3, -0.25) is 15.5 Å². The Kier molecular flexibility index (Phi) is 4.17. The van der Waals surface area contributed by atoms with Crippen LogP contribution < -0.4 is 5.43 Å². The van der Waals surface area contributed by atoms with Gasteiger partial charge in [0.1, 0.15) is 17.7 Å². The molecular formula is C10H5N5O5. The van der Waals surface area contributed by atoms with Crippen LogP contribution in [0.25, 0.3) is 0 Å². The summed E-state index contributed by atoms with van der Waals surface area (Å²) in [5.74, 6) is -2.59. The number of hydrogen-bond acceptors (Lipinski definition) is 8. The zero-order chi connectivity index (χ0) is 15.3. The second-order valence-electron chi connectivity index (χ2n) is 3.25. The van der Waals surface area contributed by atoms with Gasteiger partial charge in [0.05, 0.1) is 10.6 Å². The molecule has 0 heterocycles. The van der Waals surface area contributed by atoms with E-state index < -0.39 is 33.6 Å². The molecule has 0 saturated heterocycles. The fourth-order valence-electron chi connectivity index (χ4n) is 1.18. The van der Waals surface area contributed by atoms with Gasteiger partial charge in [-0.05, 0) is 6.07 Å². The van der Waals surface area contributed by atoms with Crippen molar-refractivity contribution in [3.63, 3.8) is 0 Å². The number of rotatable bonds is 4. The quantitative estimate of drug-likeness (QED) is 0.313. The minimum absolute atomic E-state index is 0.171. The molecule has 0 saturated carbocycles. The first-order valence-corrected chi connectivity index (χ1v) is 4.79. The molecule has 0 atom stereocenters. The minimum Gasteiger partial charge on any atom is -0.501 e. The van der Waals surface area contributed by atoms with Crippen LogP contribution in [0.5, 0.6) is 5.75 Å². The predicted molar refractivity (Wildman–Crippen MR) is 64.0 cm³/mol. The molecule has 0 spiro atoms. The zero-order valence-corrected chi connectivity index (χ0v) is 9.56. The average Bonchev–Trinajstić information content (AvgIpc) is 2.40. The van der Waals surface area contributed by atoms with Crippen LogP contribution in [0.3, 0.4) is 0 Å². The Morgan fingerprint density at radius 3 is 2.45 bits per heavy atom. The second-order valence-corrected chi connectivity index (χ2v) is 3.25. The summed E-state index contributed by atoms with van der Waals surface area (Å²) in [5, 5.41) is 49.1. The summed E-state index contributed by atoms with van der Waals surface area (Å²) in [5.41, 5.74) is -0.165. The predicted octanol–water partition coefficient (Wildman–Crippen LogP) is 0.814. The van der Waals surface area contributed by atoms with Crippen LogP contribution in [0.15, 0.2) is 17.2 Å². The molecule has 1 rings (SSSR count). The molecule has 0 bridgehead atoms. The number of benzene rings is 1. The second kappa shape index (κ2) is 5.79. The summed E-state index contributed by atoms with van der Waals surface area (Å²) in [6.07, 6.45) is 0. The molecule has 3 N–H and O–H groups in total. The summed E-state index contributed by atoms with van der Waals surface area (Å²) in [7, 11) is 0. The van der Waals surface area contributed by atoms with Crippen LogP contribution in [-0.2, 0) is 0 Å². The van der Waals surface area contributed by atoms with Crippen molar-refractivity contribution in [3.8, 4) is 17.9 Å². The molecule has 0 aromatic heterocycles. The van der Waals surface area contributed by atoms with Gasteiger partial charge in [-0.15, -0.1) is 0 Å². The summed E-state index contributed by atoms with van der Waals surface area (Å²) >= 11 is 0. The van der Waals surface area contributed by atoms with Crippen LogP contribution in [0, 0.1) is 32.8 Å². The van der Waals surface area contributed by atoms with E-state index in [4.69, 9.17) is 15.6 Å². The number of nitrogens with zero attached hydrogens (tertiary/aromatic N) is 4. The van der Waals surface area contributed by atoms with E-state index in [9.17, 15) is 20.0 Å². The standard InChI is InChI=1S/C10H5N5O5/c11-3-6(4-12)14-13-5-1-7(10(17)18)9(16)8(2-5)15(19)20/h1-2,13,16H,(H,17,18). The van der Waals surface area contributed by atoms with Gasteiger partial charge in [-0.25, -0.2) is 4.79 Å². The number of nitro groups is 1. The third kappa shape index (κ3) is 2.96. The smallest absolute Gasteiger partial charge is 0.339 e. The Labute approximate surface area is 110 Å². The maximum Gasteiger partial charge on any atom is 0.339 e. The topological polar surface area (TPSA) is 173 Å². The van der Waals surface area contributed by atoms with Crippen LogP contribution >= 0.6 is 0 Å². The van der Waals surface area contributed by atoms with Gasteiger partial charge in [-0.2, -0.15) is 15.6 Å². The molecular weight excluding hydrogens is 270 g/mol. The largest absolute Gasteiger partial charge is 0.501 e. The molecule has 0 unspecified atom stereocenters. The molecule has 0 aliphatic rings. The lowest BCUT2D eigenvalue weighted by molar-refractivity contribution is -0.385. The van der Waals surface area contributed by atoms with Crippen molar-refractivity contribution in [2.24, 2.45) is 5.10 Å². The number of carboxylic acids is 1. The summed E-state index contributed by atoms with van der Waals surface area (Å²) in [6, 6.07) is 4.56. The van der Waals surface area contributed by atoms with E-state index >= 15 is 0 Å². The normalized spacial score (nSPS) is 8.90. The molecule has 1 aromatic rings. The van der Waals surface area contributed by atoms with Gasteiger partial charge < -0.3 is 10.2 Å². The van der Waals surface area contributed by atoms with Crippen LogP contribution in [0.1, 0.15) is 10.4 Å². The highest BCUT2D eigenvalue weighted by molar-refractivity contribution is 6.10. The molecule has 0 fully saturated rings. The lowest BCUT2D eigenvalue weighted by Crippen LogP contribution is -2.03. The molecule has 0 aliphatic heterocycles. The number of nitrogens with one attached hydrogen (secondary N) is 1. The van der Waals surface area contributed by atoms with Crippen molar-refractivity contribution in [3.05, 3.63) is 27.8 Å². The third-order valence-corrected chi connectivity index (χ3v) is 2.03. The van der Waals surface area contributed by atoms with Crippen molar-refractivity contribution >= 4 is 23.1 Å². The highest BCUT2D eigenvalue weighted by Gasteiger charge is 2.22. The highest BCUT2D eigenvalue weighted by Crippen LogP contribution is 2.33. The average molecular weight is 275 g/mol. The van der Waals surface area contributed by atoms with E-state index in [1.807, 2.05) is 0 Å². The minimum atomic E-state index is -1.58. The van der Waals surface area contributed by atoms with E-state index in [2.05, 4.69) is 10.5 Å². The number of nitriles is 2. The number of carboxylic acid groups (broad SMARTS) is 1. The summed E-state index contributed by atoms with van der Waals surface area (Å²) < 4.78 is 0. The Hall–Kier alpha value is -3.66. The summed E-state index contributed by atoms with van der Waals surface area (Å²) in [6.45, 7) is 0. The Morgan fingerprint density at radius 2 is 2.00 bits per heavy atom. The van der Waals surface area contributed by atoms with Crippen molar-refractivity contribution in [2.75, 3.05) is 5.43 Å². The van der Waals surface area contributed by atoms with Crippen molar-refractivity contribution < 1.29 is 19.9 Å². The van der Waals surface area contributed by atoms with E-state index in [0.29, 0.717) is 0 Å². The van der Waals surface area contributed by atoms with E-state index in [0.717, 1.165) is 12.1 Å². The number of hydrazone groups is 1. The zero-order valence-electron chi connectivity index (χ0n) is 9.56. The first-order chi connectivity index (χ1) is 9.40. The molecule has 1 aromatic carbocycles. The number of anilines is 1. The van der Waals surface area contributed by atoms with Crippen molar-refractivity contribution in [1.82, 2.24) is 0 Å². The number of hydrogen-bond donors (Lipinski definition) is 3. The first-order valence-electron chi connectivity index (χ1n) is 4.79. The number of aromatic hydroxyl groups is 1. The van der Waals surface area contributed by atoms with E-state index in [1.54, 1.807) is 0 Å². The Morgan fingerprint density at radius 1 is 1.40 bits per heavy atom. The monoisotopic (exact) mass is 275 g/mol. The molecule has 10 nitrogen and oxygen atoms in total. The number of nitro benzene ring substituents is 1. The SMILES string of the molecule is N#CC(C#N)=NNc1cc(C(=O)O)c(O)c([N+](=O)[O-])c1. The number of phenols is 1. The van der Waals surface area contributed by atoms with Crippen molar-refractivity contribution in [1.29, 1.82) is 10.5 Å². The number of carbonyl (C=O) groups is 1. The Bertz CT molecular complexity index is 646. The fraction of sp³-hybridized carbons (Fsp3) is 0. The lowest BCUT2D eigenvalue weighted by atomic mass is 10.1. The molecule has 0 radical (unpaired) electrons. The fourth-order valence-corrected chi connectivity index (χ4v) is 1.18. The van der Waals surface area contributed by atoms with Crippen LogP contribution in [-0.4, -0.2) is 26.8 Å².